The summed E-state index contributed by atoms with van der Waals surface area (Å²) < 4.78 is 0. The molecule has 0 spiro atoms. The number of anilines is 1. The summed E-state index contributed by atoms with van der Waals surface area (Å²) in [6.07, 6.45) is 13.6. The number of nitrogens with zero attached hydrogens (tertiary/aromatic N) is 3. The van der Waals surface area contributed by atoms with E-state index < -0.39 is 9.85 Å². The van der Waals surface area contributed by atoms with Crippen molar-refractivity contribution in [2.45, 2.75) is 76.3 Å². The van der Waals surface area contributed by atoms with E-state index in [0.29, 0.717) is 17.4 Å². The lowest BCUT2D eigenvalue weighted by molar-refractivity contribution is -0.385. The zero-order chi connectivity index (χ0) is 27.8. The van der Waals surface area contributed by atoms with E-state index in [1.165, 1.54) is 93.1 Å². The van der Waals surface area contributed by atoms with Crippen molar-refractivity contribution in [3.05, 3.63) is 68.8 Å². The van der Waals surface area contributed by atoms with E-state index in [4.69, 9.17) is 5.73 Å². The standard InChI is InChI=1S/C13H17N3O3.C7H4N2O3.C6H13N/c17-13(14-10-4-2-1-3-5-10)15-11-6-8-12(9-7-11)16(18)19;10-5-8-6-1-3-7(4-2-6)9(11)12;7-6-4-2-1-3-5-6/h6-10H,1-5H2,(H2,14,15,17);1-4H;6H,1-5,7H2. The number of carbonyl (C=O) groups excluding carboxylic acids is 2. The van der Waals surface area contributed by atoms with E-state index >= 15 is 0 Å². The van der Waals surface area contributed by atoms with Gasteiger partial charge in [-0.1, -0.05) is 38.5 Å². The maximum Gasteiger partial charge on any atom is 0.319 e. The Morgan fingerprint density at radius 3 is 1.71 bits per heavy atom. The van der Waals surface area contributed by atoms with Crippen molar-refractivity contribution < 1.29 is 19.4 Å². The fourth-order valence-corrected chi connectivity index (χ4v) is 4.10. The van der Waals surface area contributed by atoms with Gasteiger partial charge in [-0.3, -0.25) is 20.2 Å². The monoisotopic (exact) mass is 526 g/mol. The summed E-state index contributed by atoms with van der Waals surface area (Å²) in [6.45, 7) is 0. The number of urea groups is 1. The molecule has 2 aliphatic carbocycles. The molecule has 2 amide bonds. The Morgan fingerprint density at radius 2 is 1.29 bits per heavy atom. The molecule has 2 aliphatic rings. The molecule has 4 N–H and O–H groups in total. The maximum atomic E-state index is 11.7. The first-order chi connectivity index (χ1) is 18.3. The predicted octanol–water partition coefficient (Wildman–Crippen LogP) is 5.89. The van der Waals surface area contributed by atoms with Crippen LogP contribution in [0.25, 0.3) is 0 Å². The van der Waals surface area contributed by atoms with Gasteiger partial charge in [0.2, 0.25) is 6.08 Å². The molecule has 0 atom stereocenters. The van der Waals surface area contributed by atoms with Crippen LogP contribution in [0.3, 0.4) is 0 Å². The molecule has 38 heavy (non-hydrogen) atoms. The first kappa shape index (κ1) is 30.1. The molecule has 2 saturated carbocycles. The van der Waals surface area contributed by atoms with Gasteiger partial charge in [0, 0.05) is 42.0 Å². The van der Waals surface area contributed by atoms with Crippen LogP contribution >= 0.6 is 0 Å². The van der Waals surface area contributed by atoms with E-state index in [9.17, 15) is 29.8 Å². The summed E-state index contributed by atoms with van der Waals surface area (Å²) >= 11 is 0. The number of hydrogen-bond acceptors (Lipinski definition) is 8. The Balaban J connectivity index is 0.000000226. The number of nitrogens with one attached hydrogen (secondary N) is 2. The highest BCUT2D eigenvalue weighted by Gasteiger charge is 2.15. The summed E-state index contributed by atoms with van der Waals surface area (Å²) in [5.74, 6) is 0. The van der Waals surface area contributed by atoms with E-state index in [0.717, 1.165) is 25.7 Å². The second kappa shape index (κ2) is 16.6. The minimum absolute atomic E-state index is 0.0123. The predicted molar refractivity (Wildman–Crippen MR) is 144 cm³/mol. The van der Waals surface area contributed by atoms with Crippen LogP contribution in [0.1, 0.15) is 64.2 Å². The molecule has 2 aromatic rings. The molecule has 2 aromatic carbocycles. The molecular formula is C26H34N6O6. The number of non-ortho nitro benzene ring substituents is 2. The van der Waals surface area contributed by atoms with Gasteiger partial charge >= 0.3 is 6.03 Å². The van der Waals surface area contributed by atoms with Gasteiger partial charge in [-0.05, 0) is 49.9 Å². The van der Waals surface area contributed by atoms with Crippen molar-refractivity contribution >= 4 is 34.9 Å². The van der Waals surface area contributed by atoms with Gasteiger partial charge in [-0.15, -0.1) is 0 Å². The molecule has 0 aliphatic heterocycles. The van der Waals surface area contributed by atoms with Gasteiger partial charge in [0.25, 0.3) is 11.4 Å². The minimum Gasteiger partial charge on any atom is -0.335 e. The van der Waals surface area contributed by atoms with Crippen LogP contribution < -0.4 is 16.4 Å². The van der Waals surface area contributed by atoms with E-state index in [1.54, 1.807) is 0 Å². The molecule has 0 unspecified atom stereocenters. The first-order valence-corrected chi connectivity index (χ1v) is 12.7. The van der Waals surface area contributed by atoms with Crippen LogP contribution in [0.5, 0.6) is 0 Å². The molecule has 4 rings (SSSR count). The molecule has 0 saturated heterocycles. The second-order valence-electron chi connectivity index (χ2n) is 9.11. The normalized spacial score (nSPS) is 15.3. The lowest BCUT2D eigenvalue weighted by atomic mass is 9.96. The number of amides is 2. The van der Waals surface area contributed by atoms with Crippen molar-refractivity contribution in [2.75, 3.05) is 5.32 Å². The number of rotatable bonds is 5. The molecule has 2 fully saturated rings. The number of nitro groups is 2. The molecule has 12 nitrogen and oxygen atoms in total. The number of nitro benzene ring substituents is 2. The smallest absolute Gasteiger partial charge is 0.319 e. The number of benzene rings is 2. The third-order valence-corrected chi connectivity index (χ3v) is 6.16. The van der Waals surface area contributed by atoms with Gasteiger partial charge in [-0.2, -0.15) is 4.99 Å². The molecule has 0 aromatic heterocycles. The van der Waals surface area contributed by atoms with Gasteiger partial charge in [0.05, 0.1) is 15.5 Å². The summed E-state index contributed by atoms with van der Waals surface area (Å²) in [7, 11) is 0. The van der Waals surface area contributed by atoms with Crippen LogP contribution in [0.2, 0.25) is 0 Å². The molecule has 0 heterocycles. The van der Waals surface area contributed by atoms with Gasteiger partial charge in [0.15, 0.2) is 0 Å². The number of nitrogens with two attached hydrogens (primary N) is 1. The van der Waals surface area contributed by atoms with E-state index in [-0.39, 0.29) is 23.4 Å². The first-order valence-electron chi connectivity index (χ1n) is 12.7. The largest absolute Gasteiger partial charge is 0.335 e. The van der Waals surface area contributed by atoms with Crippen molar-refractivity contribution in [2.24, 2.45) is 10.7 Å². The molecule has 204 valence electrons. The maximum absolute atomic E-state index is 11.7. The highest BCUT2D eigenvalue weighted by atomic mass is 16.6. The fraction of sp³-hybridized carbons (Fsp3) is 0.462. The van der Waals surface area contributed by atoms with Crippen LogP contribution in [-0.4, -0.2) is 34.0 Å². The number of isocyanates is 1. The summed E-state index contributed by atoms with van der Waals surface area (Å²) in [4.78, 5) is 44.5. The van der Waals surface area contributed by atoms with Gasteiger partial charge < -0.3 is 16.4 Å². The van der Waals surface area contributed by atoms with E-state index in [2.05, 4.69) is 15.6 Å². The number of aliphatic imine (C=N–C) groups is 1. The van der Waals surface area contributed by atoms with Crippen LogP contribution in [0.15, 0.2) is 53.5 Å². The highest BCUT2D eigenvalue weighted by molar-refractivity contribution is 5.89. The molecule has 0 bridgehead atoms. The van der Waals surface area contributed by atoms with Gasteiger partial charge in [-0.25, -0.2) is 9.59 Å². The van der Waals surface area contributed by atoms with Crippen molar-refractivity contribution in [3.8, 4) is 0 Å². The summed E-state index contributed by atoms with van der Waals surface area (Å²) in [5, 5.41) is 26.3. The average Bonchev–Trinajstić information content (AvgIpc) is 2.91. The Labute approximate surface area is 221 Å². The third-order valence-electron chi connectivity index (χ3n) is 6.16. The lowest BCUT2D eigenvalue weighted by Gasteiger charge is -2.22. The van der Waals surface area contributed by atoms with Crippen LogP contribution in [0, 0.1) is 20.2 Å². The molecular weight excluding hydrogens is 492 g/mol. The third kappa shape index (κ3) is 11.7. The Hall–Kier alpha value is -4.15. The molecule has 0 radical (unpaired) electrons. The Morgan fingerprint density at radius 1 is 0.816 bits per heavy atom. The summed E-state index contributed by atoms with van der Waals surface area (Å²) in [5.41, 5.74) is 6.53. The quantitative estimate of drug-likeness (QED) is 0.188. The number of hydrogen-bond donors (Lipinski definition) is 3. The minimum atomic E-state index is -0.519. The van der Waals surface area contributed by atoms with Gasteiger partial charge in [0.1, 0.15) is 0 Å². The molecule has 12 heteroatoms. The topological polar surface area (TPSA) is 183 Å². The zero-order valence-electron chi connectivity index (χ0n) is 21.2. The fourth-order valence-electron chi connectivity index (χ4n) is 4.10. The average molecular weight is 527 g/mol. The second-order valence-corrected chi connectivity index (χ2v) is 9.11. The zero-order valence-corrected chi connectivity index (χ0v) is 21.2. The van der Waals surface area contributed by atoms with E-state index in [1.807, 2.05) is 0 Å². The Bertz CT molecular complexity index is 1050. The SMILES string of the molecule is NC1CCCCC1.O=C(Nc1ccc([N+](=O)[O-])cc1)NC1CCCCC1.O=C=Nc1ccc([N+](=O)[O-])cc1. The van der Waals surface area contributed by atoms with Crippen molar-refractivity contribution in [3.63, 3.8) is 0 Å². The highest BCUT2D eigenvalue weighted by Crippen LogP contribution is 2.19. The van der Waals surface area contributed by atoms with Crippen LogP contribution in [0.4, 0.5) is 27.5 Å². The van der Waals surface area contributed by atoms with Crippen molar-refractivity contribution in [1.82, 2.24) is 5.32 Å². The van der Waals surface area contributed by atoms with Crippen molar-refractivity contribution in [1.29, 1.82) is 0 Å². The van der Waals surface area contributed by atoms with Crippen LogP contribution in [-0.2, 0) is 4.79 Å². The lowest BCUT2D eigenvalue weighted by Crippen LogP contribution is -2.38. The number of carbonyl (C=O) groups is 1. The Kier molecular flexibility index (Phi) is 13.1. The summed E-state index contributed by atoms with van der Waals surface area (Å²) in [6, 6.07) is 11.6.